The SMILES string of the molecule is CNC(CSC)C12CC3CC(CC(C3)C1)C2. The third kappa shape index (κ3) is 1.73. The molecule has 4 saturated carbocycles. The van der Waals surface area contributed by atoms with Crippen LogP contribution in [0, 0.1) is 23.2 Å². The lowest BCUT2D eigenvalue weighted by Crippen LogP contribution is -2.56. The van der Waals surface area contributed by atoms with Gasteiger partial charge < -0.3 is 5.32 Å². The van der Waals surface area contributed by atoms with Gasteiger partial charge in [-0.05, 0) is 75.0 Å². The Balaban J connectivity index is 1.81. The van der Waals surface area contributed by atoms with Crippen molar-refractivity contribution in [2.45, 2.75) is 44.6 Å². The highest BCUT2D eigenvalue weighted by molar-refractivity contribution is 7.98. The Labute approximate surface area is 104 Å². The molecule has 1 N–H and O–H groups in total. The summed E-state index contributed by atoms with van der Waals surface area (Å²) in [5.41, 5.74) is 0.687. The Hall–Kier alpha value is 0.310. The Kier molecular flexibility index (Phi) is 3.00. The predicted octanol–water partition coefficient (Wildman–Crippen LogP) is 3.15. The van der Waals surface area contributed by atoms with Crippen molar-refractivity contribution in [1.82, 2.24) is 5.32 Å². The summed E-state index contributed by atoms with van der Waals surface area (Å²) in [7, 11) is 2.18. The van der Waals surface area contributed by atoms with Crippen molar-refractivity contribution in [3.63, 3.8) is 0 Å². The molecule has 4 aliphatic rings. The molecule has 0 aromatic carbocycles. The van der Waals surface area contributed by atoms with Gasteiger partial charge in [0.25, 0.3) is 0 Å². The van der Waals surface area contributed by atoms with Crippen LogP contribution in [0.25, 0.3) is 0 Å². The van der Waals surface area contributed by atoms with Crippen LogP contribution >= 0.6 is 11.8 Å². The van der Waals surface area contributed by atoms with Crippen LogP contribution in [0.2, 0.25) is 0 Å². The van der Waals surface area contributed by atoms with Crippen LogP contribution in [0.1, 0.15) is 38.5 Å². The Morgan fingerprint density at radius 1 is 1.12 bits per heavy atom. The fraction of sp³-hybridized carbons (Fsp3) is 1.00. The quantitative estimate of drug-likeness (QED) is 0.809. The van der Waals surface area contributed by atoms with Crippen molar-refractivity contribution >= 4 is 11.8 Å². The first-order valence-electron chi connectivity index (χ1n) is 6.92. The second kappa shape index (κ2) is 4.20. The van der Waals surface area contributed by atoms with Gasteiger partial charge in [-0.25, -0.2) is 0 Å². The topological polar surface area (TPSA) is 12.0 Å². The summed E-state index contributed by atoms with van der Waals surface area (Å²) in [5.74, 6) is 4.57. The first-order chi connectivity index (χ1) is 7.75. The van der Waals surface area contributed by atoms with Crippen molar-refractivity contribution in [3.05, 3.63) is 0 Å². The van der Waals surface area contributed by atoms with E-state index in [1.165, 1.54) is 25.0 Å². The summed E-state index contributed by atoms with van der Waals surface area (Å²) in [5, 5.41) is 3.64. The van der Waals surface area contributed by atoms with Crippen molar-refractivity contribution in [2.24, 2.45) is 23.2 Å². The van der Waals surface area contributed by atoms with Gasteiger partial charge in [0.2, 0.25) is 0 Å². The molecule has 0 saturated heterocycles. The van der Waals surface area contributed by atoms with Crippen LogP contribution < -0.4 is 5.32 Å². The average Bonchev–Trinajstić information content (AvgIpc) is 2.23. The largest absolute Gasteiger partial charge is 0.316 e. The maximum Gasteiger partial charge on any atom is 0.0211 e. The maximum absolute atomic E-state index is 3.64. The first-order valence-corrected chi connectivity index (χ1v) is 8.31. The van der Waals surface area contributed by atoms with Crippen LogP contribution in [0.5, 0.6) is 0 Å². The number of hydrogen-bond acceptors (Lipinski definition) is 2. The minimum atomic E-state index is 0.687. The number of rotatable bonds is 4. The average molecular weight is 239 g/mol. The van der Waals surface area contributed by atoms with Gasteiger partial charge in [0.1, 0.15) is 0 Å². The molecule has 4 bridgehead atoms. The minimum Gasteiger partial charge on any atom is -0.316 e. The fourth-order valence-electron chi connectivity index (χ4n) is 5.34. The van der Waals surface area contributed by atoms with Gasteiger partial charge in [0.05, 0.1) is 0 Å². The molecule has 1 atom stereocenters. The lowest BCUT2D eigenvalue weighted by molar-refractivity contribution is -0.0682. The molecule has 0 heterocycles. The summed E-state index contributed by atoms with van der Waals surface area (Å²) in [6, 6.07) is 0.774. The third-order valence-corrected chi connectivity index (χ3v) is 6.17. The van der Waals surface area contributed by atoms with Crippen LogP contribution in [0.15, 0.2) is 0 Å². The molecule has 0 aromatic heterocycles. The molecule has 4 aliphatic carbocycles. The predicted molar refractivity (Wildman–Crippen MR) is 71.8 cm³/mol. The van der Waals surface area contributed by atoms with Crippen LogP contribution in [-0.2, 0) is 0 Å². The standard InChI is InChI=1S/C14H25NS/c1-15-13(9-16-2)14-6-10-3-11(7-14)5-12(4-10)8-14/h10-13,15H,3-9H2,1-2H3. The Bertz CT molecular complexity index is 228. The van der Waals surface area contributed by atoms with Gasteiger partial charge in [0.15, 0.2) is 0 Å². The van der Waals surface area contributed by atoms with Gasteiger partial charge in [0, 0.05) is 11.8 Å². The number of nitrogens with one attached hydrogen (secondary N) is 1. The van der Waals surface area contributed by atoms with E-state index in [2.05, 4.69) is 18.6 Å². The second-order valence-electron chi connectivity index (χ2n) is 6.58. The molecular weight excluding hydrogens is 214 g/mol. The van der Waals surface area contributed by atoms with E-state index in [9.17, 15) is 0 Å². The van der Waals surface area contributed by atoms with E-state index in [4.69, 9.17) is 0 Å². The first kappa shape index (κ1) is 11.4. The van der Waals surface area contributed by atoms with Crippen LogP contribution in [0.4, 0.5) is 0 Å². The molecule has 1 nitrogen and oxygen atoms in total. The number of hydrogen-bond donors (Lipinski definition) is 1. The van der Waals surface area contributed by atoms with Gasteiger partial charge in [-0.15, -0.1) is 0 Å². The summed E-state index contributed by atoms with van der Waals surface area (Å²) in [6.45, 7) is 0. The molecule has 4 fully saturated rings. The minimum absolute atomic E-state index is 0.687. The van der Waals surface area contributed by atoms with Crippen LogP contribution in [0.3, 0.4) is 0 Å². The van der Waals surface area contributed by atoms with Crippen molar-refractivity contribution in [3.8, 4) is 0 Å². The highest BCUT2D eigenvalue weighted by Gasteiger charge is 2.53. The molecule has 0 amide bonds. The van der Waals surface area contributed by atoms with Crippen molar-refractivity contribution < 1.29 is 0 Å². The van der Waals surface area contributed by atoms with E-state index >= 15 is 0 Å². The fourth-order valence-corrected chi connectivity index (χ4v) is 6.19. The van der Waals surface area contributed by atoms with Gasteiger partial charge in [-0.2, -0.15) is 11.8 Å². The van der Waals surface area contributed by atoms with E-state index in [1.54, 1.807) is 19.3 Å². The number of thioether (sulfide) groups is 1. The zero-order chi connectivity index (χ0) is 11.2. The molecular formula is C14H25NS. The van der Waals surface area contributed by atoms with E-state index in [-0.39, 0.29) is 0 Å². The molecule has 2 heteroatoms. The molecule has 92 valence electrons. The Morgan fingerprint density at radius 3 is 2.00 bits per heavy atom. The summed E-state index contributed by atoms with van der Waals surface area (Å²) >= 11 is 2.02. The molecule has 0 aromatic rings. The molecule has 1 unspecified atom stereocenters. The van der Waals surface area contributed by atoms with Gasteiger partial charge in [-0.3, -0.25) is 0 Å². The van der Waals surface area contributed by atoms with Gasteiger partial charge in [-0.1, -0.05) is 0 Å². The molecule has 16 heavy (non-hydrogen) atoms. The highest BCUT2D eigenvalue weighted by atomic mass is 32.2. The monoisotopic (exact) mass is 239 g/mol. The molecule has 0 spiro atoms. The van der Waals surface area contributed by atoms with Crippen molar-refractivity contribution in [2.75, 3.05) is 19.1 Å². The lowest BCUT2D eigenvalue weighted by atomic mass is 9.48. The second-order valence-corrected chi connectivity index (χ2v) is 7.49. The van der Waals surface area contributed by atoms with Gasteiger partial charge >= 0.3 is 0 Å². The summed E-state index contributed by atoms with van der Waals surface area (Å²) in [6.07, 6.45) is 11.5. The van der Waals surface area contributed by atoms with Crippen LogP contribution in [-0.4, -0.2) is 25.1 Å². The third-order valence-electron chi connectivity index (χ3n) is 5.51. The van der Waals surface area contributed by atoms with E-state index in [0.29, 0.717) is 5.41 Å². The molecule has 4 rings (SSSR count). The molecule has 0 aliphatic heterocycles. The zero-order valence-electron chi connectivity index (χ0n) is 10.7. The summed E-state index contributed by atoms with van der Waals surface area (Å²) < 4.78 is 0. The summed E-state index contributed by atoms with van der Waals surface area (Å²) in [4.78, 5) is 0. The maximum atomic E-state index is 3.64. The lowest BCUT2D eigenvalue weighted by Gasteiger charge is -2.59. The highest BCUT2D eigenvalue weighted by Crippen LogP contribution is 2.61. The Morgan fingerprint density at radius 2 is 1.62 bits per heavy atom. The molecule has 0 radical (unpaired) electrons. The zero-order valence-corrected chi connectivity index (χ0v) is 11.5. The van der Waals surface area contributed by atoms with Crippen molar-refractivity contribution in [1.29, 1.82) is 0 Å². The van der Waals surface area contributed by atoms with E-state index in [1.807, 2.05) is 11.8 Å². The van der Waals surface area contributed by atoms with E-state index < -0.39 is 0 Å². The van der Waals surface area contributed by atoms with E-state index in [0.717, 1.165) is 23.8 Å². The normalized spacial score (nSPS) is 47.2. The smallest absolute Gasteiger partial charge is 0.0211 e.